The molecule has 1 aliphatic carbocycles. The van der Waals surface area contributed by atoms with Gasteiger partial charge in [-0.05, 0) is 0 Å². The van der Waals surface area contributed by atoms with Crippen LogP contribution in [0.25, 0.3) is 0 Å². The molecular formula is C16H24N2O9. The molecule has 152 valence electrons. The number of ether oxygens (including phenoxy) is 3. The topological polar surface area (TPSA) is 157 Å². The number of hydrogen-bond acceptors (Lipinski definition) is 9. The van der Waals surface area contributed by atoms with E-state index in [9.17, 15) is 29.1 Å². The van der Waals surface area contributed by atoms with Gasteiger partial charge < -0.3 is 30.0 Å². The molecule has 4 unspecified atom stereocenters. The highest BCUT2D eigenvalue weighted by Crippen LogP contribution is 2.29. The lowest BCUT2D eigenvalue weighted by molar-refractivity contribution is -0.208. The van der Waals surface area contributed by atoms with Crippen molar-refractivity contribution in [1.82, 2.24) is 10.6 Å². The first-order chi connectivity index (χ1) is 12.4. The second kappa shape index (κ2) is 9.31. The van der Waals surface area contributed by atoms with Crippen LogP contribution in [-0.4, -0.2) is 71.3 Å². The molecule has 27 heavy (non-hydrogen) atoms. The van der Waals surface area contributed by atoms with Crippen LogP contribution in [0.3, 0.4) is 0 Å². The third-order valence-corrected chi connectivity index (χ3v) is 3.74. The Morgan fingerprint density at radius 2 is 0.926 bits per heavy atom. The molecule has 11 heteroatoms. The lowest BCUT2D eigenvalue weighted by Gasteiger charge is -2.47. The highest BCUT2D eigenvalue weighted by Gasteiger charge is 2.56. The van der Waals surface area contributed by atoms with Gasteiger partial charge in [0, 0.05) is 34.6 Å². The number of carbonyl (C=O) groups excluding carboxylic acids is 5. The Morgan fingerprint density at radius 3 is 1.19 bits per heavy atom. The number of carbonyl (C=O) groups is 5. The zero-order valence-corrected chi connectivity index (χ0v) is 15.7. The van der Waals surface area contributed by atoms with Crippen LogP contribution in [0.15, 0.2) is 0 Å². The number of aliphatic hydroxyl groups excluding tert-OH is 1. The summed E-state index contributed by atoms with van der Waals surface area (Å²) in [4.78, 5) is 57.8. The highest BCUT2D eigenvalue weighted by atomic mass is 16.6. The summed E-state index contributed by atoms with van der Waals surface area (Å²) in [7, 11) is 0. The third-order valence-electron chi connectivity index (χ3n) is 3.74. The van der Waals surface area contributed by atoms with Crippen LogP contribution in [0.5, 0.6) is 0 Å². The summed E-state index contributed by atoms with van der Waals surface area (Å²) < 4.78 is 15.5. The van der Waals surface area contributed by atoms with Gasteiger partial charge in [-0.3, -0.25) is 24.0 Å². The summed E-state index contributed by atoms with van der Waals surface area (Å²) in [5.74, 6) is -3.47. The van der Waals surface area contributed by atoms with E-state index in [0.29, 0.717) is 0 Å². The predicted octanol–water partition coefficient (Wildman–Crippen LogP) is -1.83. The van der Waals surface area contributed by atoms with Crippen molar-refractivity contribution in [2.45, 2.75) is 71.1 Å². The SMILES string of the molecule is CC(=O)NC1C(O)C(NC(C)=O)C(OC(C)=O)C(OC(C)=O)C1OC(C)=O. The van der Waals surface area contributed by atoms with Crippen molar-refractivity contribution in [3.63, 3.8) is 0 Å². The van der Waals surface area contributed by atoms with E-state index in [1.807, 2.05) is 0 Å². The molecule has 0 aliphatic heterocycles. The molecule has 0 bridgehead atoms. The molecule has 4 atom stereocenters. The van der Waals surface area contributed by atoms with E-state index >= 15 is 0 Å². The van der Waals surface area contributed by atoms with Gasteiger partial charge in [-0.15, -0.1) is 0 Å². The number of aliphatic hydroxyl groups is 1. The van der Waals surface area contributed by atoms with E-state index in [4.69, 9.17) is 14.2 Å². The van der Waals surface area contributed by atoms with Crippen molar-refractivity contribution in [3.8, 4) is 0 Å². The van der Waals surface area contributed by atoms with Gasteiger partial charge in [0.05, 0.1) is 12.1 Å². The molecule has 2 amide bonds. The fraction of sp³-hybridized carbons (Fsp3) is 0.688. The van der Waals surface area contributed by atoms with Gasteiger partial charge in [-0.25, -0.2) is 0 Å². The molecule has 0 saturated heterocycles. The summed E-state index contributed by atoms with van der Waals surface area (Å²) in [5.41, 5.74) is 0. The molecular weight excluding hydrogens is 364 g/mol. The average Bonchev–Trinajstić information content (AvgIpc) is 2.49. The van der Waals surface area contributed by atoms with Crippen LogP contribution >= 0.6 is 0 Å². The van der Waals surface area contributed by atoms with E-state index in [-0.39, 0.29) is 0 Å². The second-order valence-electron chi connectivity index (χ2n) is 6.17. The molecule has 1 aliphatic rings. The summed E-state index contributed by atoms with van der Waals surface area (Å²) in [5, 5.41) is 15.5. The van der Waals surface area contributed by atoms with Crippen LogP contribution < -0.4 is 10.6 Å². The number of rotatable bonds is 5. The number of nitrogens with one attached hydrogen (secondary N) is 2. The quantitative estimate of drug-likeness (QED) is 0.364. The molecule has 0 aromatic carbocycles. The molecule has 3 N–H and O–H groups in total. The standard InChI is InChI=1S/C16H24N2O9/c1-6(19)17-11-13(24)12(18-7(2)20)15(26-9(4)22)16(27-10(5)23)14(11)25-8(3)21/h11-16,24H,1-5H3,(H,17,19)(H,18,20). The minimum Gasteiger partial charge on any atom is -0.456 e. The number of amides is 2. The van der Waals surface area contributed by atoms with Gasteiger partial charge in [0.15, 0.2) is 18.3 Å². The lowest BCUT2D eigenvalue weighted by atomic mass is 9.80. The maximum Gasteiger partial charge on any atom is 0.303 e. The van der Waals surface area contributed by atoms with Gasteiger partial charge >= 0.3 is 17.9 Å². The van der Waals surface area contributed by atoms with Crippen molar-refractivity contribution in [3.05, 3.63) is 0 Å². The Bertz CT molecular complexity index is 577. The Morgan fingerprint density at radius 1 is 0.630 bits per heavy atom. The van der Waals surface area contributed by atoms with E-state index in [1.165, 1.54) is 13.8 Å². The number of esters is 3. The Labute approximate surface area is 155 Å². The predicted molar refractivity (Wildman–Crippen MR) is 87.9 cm³/mol. The third kappa shape index (κ3) is 6.20. The van der Waals surface area contributed by atoms with Gasteiger partial charge in [-0.2, -0.15) is 0 Å². The maximum atomic E-state index is 11.6. The van der Waals surface area contributed by atoms with Crippen molar-refractivity contribution in [2.75, 3.05) is 0 Å². The molecule has 1 saturated carbocycles. The summed E-state index contributed by atoms with van der Waals surface area (Å²) in [6.07, 6.45) is -5.62. The zero-order chi connectivity index (χ0) is 20.9. The van der Waals surface area contributed by atoms with Crippen molar-refractivity contribution in [1.29, 1.82) is 0 Å². The summed E-state index contributed by atoms with van der Waals surface area (Å²) >= 11 is 0. The number of hydrogen-bond donors (Lipinski definition) is 3. The molecule has 1 rings (SSSR count). The smallest absolute Gasteiger partial charge is 0.303 e. The molecule has 0 spiro atoms. The van der Waals surface area contributed by atoms with Crippen LogP contribution in [0.1, 0.15) is 34.6 Å². The van der Waals surface area contributed by atoms with Gasteiger partial charge in [0.25, 0.3) is 0 Å². The van der Waals surface area contributed by atoms with Crippen LogP contribution in [-0.2, 0) is 38.2 Å². The minimum atomic E-state index is -1.52. The highest BCUT2D eigenvalue weighted by molar-refractivity contribution is 5.75. The van der Waals surface area contributed by atoms with Crippen molar-refractivity contribution < 1.29 is 43.3 Å². The minimum absolute atomic E-state index is 0.565. The van der Waals surface area contributed by atoms with E-state index in [0.717, 1.165) is 20.8 Å². The second-order valence-corrected chi connectivity index (χ2v) is 6.17. The summed E-state index contributed by atoms with van der Waals surface area (Å²) in [6.45, 7) is 5.60. The average molecular weight is 388 g/mol. The lowest BCUT2D eigenvalue weighted by Crippen LogP contribution is -2.73. The Hall–Kier alpha value is -2.69. The molecule has 0 aromatic heterocycles. The normalized spacial score (nSPS) is 29.9. The van der Waals surface area contributed by atoms with Gasteiger partial charge in [0.2, 0.25) is 11.8 Å². The largest absolute Gasteiger partial charge is 0.456 e. The van der Waals surface area contributed by atoms with E-state index in [2.05, 4.69) is 10.6 Å². The van der Waals surface area contributed by atoms with Gasteiger partial charge in [0.1, 0.15) is 6.10 Å². The van der Waals surface area contributed by atoms with Crippen molar-refractivity contribution in [2.24, 2.45) is 0 Å². The Balaban J connectivity index is 3.46. The molecule has 0 heterocycles. The first kappa shape index (κ1) is 22.4. The van der Waals surface area contributed by atoms with Gasteiger partial charge in [-0.1, -0.05) is 0 Å². The fourth-order valence-electron chi connectivity index (χ4n) is 3.00. The first-order valence-corrected chi connectivity index (χ1v) is 8.18. The van der Waals surface area contributed by atoms with E-state index in [1.54, 1.807) is 0 Å². The van der Waals surface area contributed by atoms with Crippen LogP contribution in [0, 0.1) is 0 Å². The molecule has 0 radical (unpaired) electrons. The van der Waals surface area contributed by atoms with E-state index < -0.39 is 66.2 Å². The monoisotopic (exact) mass is 388 g/mol. The molecule has 11 nitrogen and oxygen atoms in total. The maximum absolute atomic E-state index is 11.6. The summed E-state index contributed by atoms with van der Waals surface area (Å²) in [6, 6.07) is -2.47. The van der Waals surface area contributed by atoms with Crippen molar-refractivity contribution >= 4 is 29.7 Å². The fourth-order valence-corrected chi connectivity index (χ4v) is 3.00. The Kier molecular flexibility index (Phi) is 7.70. The zero-order valence-electron chi connectivity index (χ0n) is 15.7. The molecule has 0 aromatic rings. The molecule has 1 fully saturated rings. The van der Waals surface area contributed by atoms with Crippen LogP contribution in [0.2, 0.25) is 0 Å². The first-order valence-electron chi connectivity index (χ1n) is 8.18. The van der Waals surface area contributed by atoms with Crippen LogP contribution in [0.4, 0.5) is 0 Å².